The Morgan fingerprint density at radius 1 is 1.31 bits per heavy atom. The molecule has 29 heavy (non-hydrogen) atoms. The molecule has 1 aliphatic rings. The van der Waals surface area contributed by atoms with E-state index in [1.54, 1.807) is 9.25 Å². The molecule has 1 fully saturated rings. The molecule has 0 atom stereocenters. The van der Waals surface area contributed by atoms with E-state index in [-0.39, 0.29) is 17.3 Å². The molecule has 0 unspecified atom stereocenters. The van der Waals surface area contributed by atoms with Crippen molar-refractivity contribution in [3.63, 3.8) is 0 Å². The first-order chi connectivity index (χ1) is 14.2. The van der Waals surface area contributed by atoms with Crippen LogP contribution in [0.25, 0.3) is 5.69 Å². The molecule has 2 N–H and O–H groups in total. The maximum absolute atomic E-state index is 12.6. The van der Waals surface area contributed by atoms with Gasteiger partial charge in [0.05, 0.1) is 17.1 Å². The van der Waals surface area contributed by atoms with Crippen molar-refractivity contribution in [1.82, 2.24) is 24.5 Å². The van der Waals surface area contributed by atoms with E-state index >= 15 is 0 Å². The van der Waals surface area contributed by atoms with Gasteiger partial charge in [-0.15, -0.1) is 5.10 Å². The van der Waals surface area contributed by atoms with Gasteiger partial charge >= 0.3 is 5.69 Å². The Labute approximate surface area is 172 Å². The largest absolute Gasteiger partial charge is 0.343 e. The summed E-state index contributed by atoms with van der Waals surface area (Å²) in [5, 5.41) is 14.7. The van der Waals surface area contributed by atoms with Gasteiger partial charge in [0.25, 0.3) is 0 Å². The number of carbonyl (C=O) groups excluding carboxylic acids is 1. The molecule has 2 aromatic heterocycles. The Morgan fingerprint density at radius 2 is 2.10 bits per heavy atom. The van der Waals surface area contributed by atoms with Crippen LogP contribution in [0.1, 0.15) is 44.2 Å². The third-order valence-corrected chi connectivity index (χ3v) is 5.76. The molecule has 0 saturated heterocycles. The summed E-state index contributed by atoms with van der Waals surface area (Å²) >= 11 is 1.25. The molecule has 4 rings (SSSR count). The number of rotatable bonds is 9. The Balaban J connectivity index is 1.46. The van der Waals surface area contributed by atoms with Gasteiger partial charge in [0, 0.05) is 18.5 Å². The van der Waals surface area contributed by atoms with E-state index in [1.165, 1.54) is 11.8 Å². The zero-order valence-corrected chi connectivity index (χ0v) is 17.1. The van der Waals surface area contributed by atoms with E-state index in [9.17, 15) is 9.59 Å². The number of hydrogen-bond donors (Lipinski definition) is 2. The highest BCUT2D eigenvalue weighted by Gasteiger charge is 2.28. The average molecular weight is 413 g/mol. The standard InChI is InChI=1S/C20H24N6O2S/c1-2-3-11-25-19(28)22-23-20(25)29-13-18(27)21-17-12-16(14-9-10-14)24-26(17)15-7-5-4-6-8-15/h4-8,12,14H,2-3,9-11,13H2,1H3,(H,21,27)(H,22,28). The smallest absolute Gasteiger partial charge is 0.310 e. The molecule has 0 bridgehead atoms. The number of H-pyrrole nitrogens is 1. The summed E-state index contributed by atoms with van der Waals surface area (Å²) in [7, 11) is 0. The number of hydrogen-bond acceptors (Lipinski definition) is 5. The highest BCUT2D eigenvalue weighted by atomic mass is 32.2. The Bertz CT molecular complexity index is 1030. The summed E-state index contributed by atoms with van der Waals surface area (Å²) in [5.74, 6) is 1.15. The maximum atomic E-state index is 12.6. The average Bonchev–Trinajstić information content (AvgIpc) is 3.41. The molecule has 9 heteroatoms. The zero-order valence-electron chi connectivity index (χ0n) is 16.3. The van der Waals surface area contributed by atoms with Crippen molar-refractivity contribution in [2.45, 2.75) is 50.2 Å². The number of nitrogens with one attached hydrogen (secondary N) is 2. The van der Waals surface area contributed by atoms with Gasteiger partial charge in [-0.05, 0) is 31.4 Å². The fourth-order valence-corrected chi connectivity index (χ4v) is 3.84. The Kier molecular flexibility index (Phi) is 5.84. The van der Waals surface area contributed by atoms with Gasteiger partial charge in [-0.25, -0.2) is 14.6 Å². The maximum Gasteiger partial charge on any atom is 0.343 e. The van der Waals surface area contributed by atoms with Crippen LogP contribution >= 0.6 is 11.8 Å². The van der Waals surface area contributed by atoms with Crippen molar-refractivity contribution < 1.29 is 4.79 Å². The van der Waals surface area contributed by atoms with Crippen LogP contribution in [0.15, 0.2) is 46.3 Å². The van der Waals surface area contributed by atoms with Crippen LogP contribution in [0.3, 0.4) is 0 Å². The number of aromatic amines is 1. The number of para-hydroxylation sites is 1. The molecule has 1 aliphatic carbocycles. The van der Waals surface area contributed by atoms with Crippen LogP contribution in [0, 0.1) is 0 Å². The van der Waals surface area contributed by atoms with E-state index in [4.69, 9.17) is 5.10 Å². The van der Waals surface area contributed by atoms with Gasteiger partial charge in [0.2, 0.25) is 5.91 Å². The number of nitrogens with zero attached hydrogens (tertiary/aromatic N) is 4. The molecule has 8 nitrogen and oxygen atoms in total. The van der Waals surface area contributed by atoms with Crippen LogP contribution in [0.5, 0.6) is 0 Å². The molecule has 0 radical (unpaired) electrons. The van der Waals surface area contributed by atoms with Crippen LogP contribution in [-0.4, -0.2) is 36.2 Å². The molecule has 0 aliphatic heterocycles. The van der Waals surface area contributed by atoms with Crippen molar-refractivity contribution in [2.75, 3.05) is 11.1 Å². The first kappa shape index (κ1) is 19.5. The lowest BCUT2D eigenvalue weighted by Crippen LogP contribution is -2.19. The van der Waals surface area contributed by atoms with Gasteiger partial charge in [-0.2, -0.15) is 5.10 Å². The summed E-state index contributed by atoms with van der Waals surface area (Å²) in [6.07, 6.45) is 4.15. The molecule has 2 heterocycles. The van der Waals surface area contributed by atoms with Crippen molar-refractivity contribution in [1.29, 1.82) is 0 Å². The van der Waals surface area contributed by atoms with Crippen LogP contribution in [-0.2, 0) is 11.3 Å². The van der Waals surface area contributed by atoms with Crippen LogP contribution < -0.4 is 11.0 Å². The quantitative estimate of drug-likeness (QED) is 0.526. The summed E-state index contributed by atoms with van der Waals surface area (Å²) in [5.41, 5.74) is 1.68. The normalized spacial score (nSPS) is 13.6. The topological polar surface area (TPSA) is 97.6 Å². The molecule has 1 amide bonds. The summed E-state index contributed by atoms with van der Waals surface area (Å²) in [6.45, 7) is 2.67. The summed E-state index contributed by atoms with van der Waals surface area (Å²) < 4.78 is 3.36. The fraction of sp³-hybridized carbons (Fsp3) is 0.400. The monoisotopic (exact) mass is 412 g/mol. The number of thioether (sulfide) groups is 1. The third-order valence-electron chi connectivity index (χ3n) is 4.78. The lowest BCUT2D eigenvalue weighted by Gasteiger charge is -2.09. The Morgan fingerprint density at radius 3 is 2.83 bits per heavy atom. The van der Waals surface area contributed by atoms with Gasteiger partial charge in [0.15, 0.2) is 5.16 Å². The SMILES string of the molecule is CCCCn1c(SCC(=O)Nc2cc(C3CC3)nn2-c2ccccc2)n[nH]c1=O. The lowest BCUT2D eigenvalue weighted by molar-refractivity contribution is -0.113. The lowest BCUT2D eigenvalue weighted by atomic mass is 10.3. The second kappa shape index (κ2) is 8.69. The van der Waals surface area contributed by atoms with E-state index in [1.807, 2.05) is 36.4 Å². The second-order valence-corrected chi connectivity index (χ2v) is 8.07. The molecular weight excluding hydrogens is 388 g/mol. The van der Waals surface area contributed by atoms with Gasteiger partial charge < -0.3 is 5.32 Å². The number of anilines is 1. The number of benzene rings is 1. The number of unbranched alkanes of at least 4 members (excludes halogenated alkanes) is 1. The zero-order chi connectivity index (χ0) is 20.2. The number of amides is 1. The van der Waals surface area contributed by atoms with Crippen molar-refractivity contribution >= 4 is 23.5 Å². The summed E-state index contributed by atoms with van der Waals surface area (Å²) in [4.78, 5) is 24.5. The van der Waals surface area contributed by atoms with E-state index in [0.29, 0.717) is 23.4 Å². The van der Waals surface area contributed by atoms with E-state index < -0.39 is 0 Å². The predicted molar refractivity (Wildman–Crippen MR) is 113 cm³/mol. The van der Waals surface area contributed by atoms with Crippen molar-refractivity contribution in [3.8, 4) is 5.69 Å². The third kappa shape index (κ3) is 4.61. The highest BCUT2D eigenvalue weighted by Crippen LogP contribution is 2.40. The minimum atomic E-state index is -0.238. The van der Waals surface area contributed by atoms with Crippen molar-refractivity contribution in [2.24, 2.45) is 0 Å². The Hall–Kier alpha value is -2.81. The van der Waals surface area contributed by atoms with Crippen molar-refractivity contribution in [3.05, 3.63) is 52.6 Å². The minimum Gasteiger partial charge on any atom is -0.310 e. The minimum absolute atomic E-state index is 0.160. The first-order valence-electron chi connectivity index (χ1n) is 9.89. The van der Waals surface area contributed by atoms with Gasteiger partial charge in [-0.3, -0.25) is 9.36 Å². The second-order valence-electron chi connectivity index (χ2n) is 7.13. The highest BCUT2D eigenvalue weighted by molar-refractivity contribution is 7.99. The molecule has 0 spiro atoms. The van der Waals surface area contributed by atoms with Gasteiger partial charge in [-0.1, -0.05) is 43.3 Å². The van der Waals surface area contributed by atoms with E-state index in [2.05, 4.69) is 22.4 Å². The van der Waals surface area contributed by atoms with Gasteiger partial charge in [0.1, 0.15) is 5.82 Å². The number of carbonyl (C=O) groups is 1. The van der Waals surface area contributed by atoms with E-state index in [0.717, 1.165) is 37.1 Å². The van der Waals surface area contributed by atoms with Crippen LogP contribution in [0.2, 0.25) is 0 Å². The molecule has 3 aromatic rings. The first-order valence-corrected chi connectivity index (χ1v) is 10.9. The molecule has 1 aromatic carbocycles. The molecule has 152 valence electrons. The van der Waals surface area contributed by atoms with Crippen LogP contribution in [0.4, 0.5) is 5.82 Å². The predicted octanol–water partition coefficient (Wildman–Crippen LogP) is 3.17. The number of aromatic nitrogens is 5. The molecule has 1 saturated carbocycles. The summed E-state index contributed by atoms with van der Waals surface area (Å²) in [6, 6.07) is 11.7. The fourth-order valence-electron chi connectivity index (χ4n) is 3.07. The molecular formula is C20H24N6O2S.